The van der Waals surface area contributed by atoms with Crippen LogP contribution in [-0.4, -0.2) is 9.00 Å². The molecule has 1 aromatic heterocycles. The Hall–Kier alpha value is -2.79. The number of para-hydroxylation sites is 2. The molecule has 0 saturated carbocycles. The molecule has 1 atom stereocenters. The van der Waals surface area contributed by atoms with Crippen LogP contribution in [0, 0.1) is 0 Å². The maximum atomic E-state index is 4.72. The van der Waals surface area contributed by atoms with Gasteiger partial charge in [-0.2, -0.15) is 0 Å². The first-order valence-corrected chi connectivity index (χ1v) is 11.8. The number of nitrogens with zero attached hydrogens (tertiary/aromatic N) is 2. The first-order valence-electron chi connectivity index (χ1n) is 9.31. The molecule has 28 heavy (non-hydrogen) atoms. The number of benzene rings is 3. The molecule has 0 spiro atoms. The van der Waals surface area contributed by atoms with Crippen molar-refractivity contribution in [2.24, 2.45) is 0 Å². The molecule has 5 rings (SSSR count). The van der Waals surface area contributed by atoms with Gasteiger partial charge >= 0.3 is 0 Å². The number of aromatic nitrogens is 1. The van der Waals surface area contributed by atoms with E-state index in [2.05, 4.69) is 106 Å². The van der Waals surface area contributed by atoms with Crippen molar-refractivity contribution in [3.8, 4) is 11.3 Å². The van der Waals surface area contributed by atoms with Gasteiger partial charge in [-0.15, -0.1) is 20.7 Å². The van der Waals surface area contributed by atoms with Crippen molar-refractivity contribution in [1.29, 1.82) is 0 Å². The highest BCUT2D eigenvalue weighted by Crippen LogP contribution is 2.44. The van der Waals surface area contributed by atoms with Gasteiger partial charge in [-0.1, -0.05) is 60.7 Å². The molecule has 2 heterocycles. The summed E-state index contributed by atoms with van der Waals surface area (Å²) in [5.74, 6) is 0. The minimum Gasteiger partial charge on any atom is -0.310 e. The molecule has 0 aliphatic carbocycles. The molecule has 1 unspecified atom stereocenters. The van der Waals surface area contributed by atoms with Crippen LogP contribution in [0.1, 0.15) is 9.49 Å². The van der Waals surface area contributed by atoms with E-state index in [1.807, 2.05) is 6.20 Å². The van der Waals surface area contributed by atoms with Crippen molar-refractivity contribution < 1.29 is 0 Å². The van der Waals surface area contributed by atoms with Crippen LogP contribution in [0.5, 0.6) is 0 Å². The molecule has 0 fully saturated rings. The third kappa shape index (κ3) is 3.50. The van der Waals surface area contributed by atoms with Crippen molar-refractivity contribution in [3.05, 3.63) is 109 Å². The Bertz CT molecular complexity index is 1080. The molecule has 0 saturated heterocycles. The zero-order chi connectivity index (χ0) is 18.8. The topological polar surface area (TPSA) is 16.1 Å². The largest absolute Gasteiger partial charge is 0.310 e. The number of alkyl halides is 1. The predicted octanol–water partition coefficient (Wildman–Crippen LogP) is 7.05. The summed E-state index contributed by atoms with van der Waals surface area (Å²) in [7, 11) is 0. The molecule has 0 N–H and O–H groups in total. The smallest absolute Gasteiger partial charge is 0.0726 e. The average molecular weight is 474 g/mol. The number of hydrogen-bond donors (Lipinski definition) is 0. The zero-order valence-corrected chi connectivity index (χ0v) is 17.4. The summed E-state index contributed by atoms with van der Waals surface area (Å²) >= 11 is 0.229. The molecule has 3 aromatic carbocycles. The quantitative estimate of drug-likeness (QED) is 0.228. The minimum absolute atomic E-state index is 0.229. The molecule has 3 heteroatoms. The summed E-state index contributed by atoms with van der Waals surface area (Å²) in [5.41, 5.74) is 7.11. The first kappa shape index (κ1) is 17.3. The molecule has 2 nitrogen and oxygen atoms in total. The number of pyridine rings is 1. The lowest BCUT2D eigenvalue weighted by Crippen LogP contribution is -2.10. The molecule has 0 radical (unpaired) electrons. The van der Waals surface area contributed by atoms with E-state index in [0.29, 0.717) is 3.92 Å². The molecular formula is C25H19IN2. The van der Waals surface area contributed by atoms with Gasteiger partial charge in [0.05, 0.1) is 9.62 Å². The first-order chi connectivity index (χ1) is 13.9. The molecule has 0 amide bonds. The van der Waals surface area contributed by atoms with Gasteiger partial charge in [-0.25, -0.2) is 0 Å². The van der Waals surface area contributed by atoms with Crippen LogP contribution >= 0.6 is 20.7 Å². The van der Waals surface area contributed by atoms with E-state index >= 15 is 0 Å². The highest BCUT2D eigenvalue weighted by Gasteiger charge is 2.20. The van der Waals surface area contributed by atoms with Crippen molar-refractivity contribution in [3.63, 3.8) is 0 Å². The van der Waals surface area contributed by atoms with Crippen LogP contribution in [0.25, 0.3) is 11.3 Å². The Labute approximate surface area is 175 Å². The molecule has 4 aromatic rings. The Balaban J connectivity index is 1.63. The van der Waals surface area contributed by atoms with Crippen LogP contribution in [-0.2, 0) is 0 Å². The fraction of sp³-hybridized carbons (Fsp3) is 0.0400. The highest BCUT2D eigenvalue weighted by molar-refractivity contribution is 14.2. The highest BCUT2D eigenvalue weighted by atomic mass is 127. The summed E-state index contributed by atoms with van der Waals surface area (Å²) in [5, 5.41) is 0. The zero-order valence-electron chi connectivity index (χ0n) is 15.2. The van der Waals surface area contributed by atoms with Crippen molar-refractivity contribution in [2.45, 2.75) is 3.92 Å². The Morgan fingerprint density at radius 1 is 0.679 bits per heavy atom. The maximum Gasteiger partial charge on any atom is 0.0726 e. The summed E-state index contributed by atoms with van der Waals surface area (Å²) in [6.45, 7) is 0. The van der Waals surface area contributed by atoms with Gasteiger partial charge in [0.2, 0.25) is 0 Å². The maximum absolute atomic E-state index is 4.72. The minimum atomic E-state index is 0.229. The Morgan fingerprint density at radius 3 is 1.93 bits per heavy atom. The third-order valence-electron chi connectivity index (χ3n) is 4.82. The second kappa shape index (κ2) is 7.68. The monoisotopic (exact) mass is 474 g/mol. The van der Waals surface area contributed by atoms with Gasteiger partial charge in [0.1, 0.15) is 0 Å². The van der Waals surface area contributed by atoms with E-state index in [0.717, 1.165) is 22.8 Å². The second-order valence-electron chi connectivity index (χ2n) is 6.65. The van der Waals surface area contributed by atoms with Gasteiger partial charge in [0.15, 0.2) is 0 Å². The van der Waals surface area contributed by atoms with E-state index in [1.54, 1.807) is 0 Å². The number of anilines is 3. The number of rotatable bonds is 5. The SMILES string of the molecule is C1=IC1c1ccccc1-c1cc(N(c2ccccc2)c2ccccc2)ccn1. The van der Waals surface area contributed by atoms with Crippen LogP contribution in [0.2, 0.25) is 0 Å². The van der Waals surface area contributed by atoms with Gasteiger partial charge in [0.25, 0.3) is 0 Å². The van der Waals surface area contributed by atoms with Gasteiger partial charge < -0.3 is 4.90 Å². The van der Waals surface area contributed by atoms with Crippen LogP contribution < -0.4 is 4.90 Å². The van der Waals surface area contributed by atoms with Crippen molar-refractivity contribution >= 4 is 41.8 Å². The fourth-order valence-electron chi connectivity index (χ4n) is 3.45. The van der Waals surface area contributed by atoms with Gasteiger partial charge in [0, 0.05) is 28.8 Å². The number of hydrogen-bond acceptors (Lipinski definition) is 2. The van der Waals surface area contributed by atoms with Gasteiger partial charge in [-0.05, 0) is 46.0 Å². The fourth-order valence-corrected chi connectivity index (χ4v) is 4.98. The average Bonchev–Trinajstić information content (AvgIpc) is 3.61. The third-order valence-corrected chi connectivity index (χ3v) is 6.93. The van der Waals surface area contributed by atoms with E-state index in [4.69, 9.17) is 4.98 Å². The lowest BCUT2D eigenvalue weighted by atomic mass is 10.0. The molecule has 1 aliphatic rings. The summed E-state index contributed by atoms with van der Waals surface area (Å²) in [6, 6.07) is 34.0. The Morgan fingerprint density at radius 2 is 1.29 bits per heavy atom. The lowest BCUT2D eigenvalue weighted by Gasteiger charge is -2.25. The van der Waals surface area contributed by atoms with E-state index < -0.39 is 0 Å². The molecule has 136 valence electrons. The summed E-state index contributed by atoms with van der Waals surface area (Å²) in [6.07, 6.45) is 1.92. The van der Waals surface area contributed by atoms with Crippen LogP contribution in [0.4, 0.5) is 17.1 Å². The van der Waals surface area contributed by atoms with Crippen molar-refractivity contribution in [2.75, 3.05) is 4.90 Å². The van der Waals surface area contributed by atoms with E-state index in [-0.39, 0.29) is 20.7 Å². The standard InChI is InChI=1S/C25H19IN2/c1-3-9-19(10-4-1)28(20-11-5-2-6-12-20)21-15-16-27-25(17-21)23-14-8-7-13-22(23)24-18-26-24/h1-18,24H. The van der Waals surface area contributed by atoms with E-state index in [9.17, 15) is 0 Å². The lowest BCUT2D eigenvalue weighted by molar-refractivity contribution is 1.24. The number of halogens is 1. The normalized spacial score (nSPS) is 14.9. The molecule has 0 bridgehead atoms. The summed E-state index contributed by atoms with van der Waals surface area (Å²) < 4.78 is 3.14. The Kier molecular flexibility index (Phi) is 4.75. The summed E-state index contributed by atoms with van der Waals surface area (Å²) in [4.78, 5) is 7.00. The van der Waals surface area contributed by atoms with Gasteiger partial charge in [-0.3, -0.25) is 4.98 Å². The molecule has 1 aliphatic heterocycles. The molecular weight excluding hydrogens is 455 g/mol. The van der Waals surface area contributed by atoms with Crippen LogP contribution in [0.15, 0.2) is 103 Å². The van der Waals surface area contributed by atoms with E-state index in [1.165, 1.54) is 11.1 Å². The van der Waals surface area contributed by atoms with Crippen LogP contribution in [0.3, 0.4) is 0 Å². The van der Waals surface area contributed by atoms with Crippen molar-refractivity contribution in [1.82, 2.24) is 4.98 Å². The predicted molar refractivity (Wildman–Crippen MR) is 127 cm³/mol. The second-order valence-corrected chi connectivity index (χ2v) is 9.43.